The highest BCUT2D eigenvalue weighted by Gasteiger charge is 2.28. The number of amides is 1. The van der Waals surface area contributed by atoms with Gasteiger partial charge in [-0.3, -0.25) is 4.79 Å². The Kier molecular flexibility index (Phi) is 6.84. The molecule has 0 bridgehead atoms. The van der Waals surface area contributed by atoms with E-state index in [9.17, 15) is 4.79 Å². The van der Waals surface area contributed by atoms with Crippen molar-refractivity contribution in [3.8, 4) is 0 Å². The number of imidazole rings is 1. The molecule has 0 radical (unpaired) electrons. The smallest absolute Gasteiger partial charge is 0.226 e. The van der Waals surface area contributed by atoms with E-state index in [0.717, 1.165) is 63.3 Å². The highest BCUT2D eigenvalue weighted by Crippen LogP contribution is 2.27. The van der Waals surface area contributed by atoms with Crippen LogP contribution >= 0.6 is 11.6 Å². The molecule has 8 nitrogen and oxygen atoms in total. The Morgan fingerprint density at radius 3 is 3.00 bits per heavy atom. The molecule has 0 saturated carbocycles. The van der Waals surface area contributed by atoms with Gasteiger partial charge in [0.15, 0.2) is 11.5 Å². The third kappa shape index (κ3) is 4.87. The fourth-order valence-electron chi connectivity index (χ4n) is 3.60. The Bertz CT molecular complexity index is 761. The van der Waals surface area contributed by atoms with E-state index in [4.69, 9.17) is 11.6 Å². The zero-order valence-corrected chi connectivity index (χ0v) is 16.8. The number of H-pyrrole nitrogens is 1. The zero-order valence-electron chi connectivity index (χ0n) is 16.0. The molecule has 9 heteroatoms. The summed E-state index contributed by atoms with van der Waals surface area (Å²) in [5, 5.41) is 3.27. The van der Waals surface area contributed by atoms with Gasteiger partial charge in [0.2, 0.25) is 11.2 Å². The highest BCUT2D eigenvalue weighted by molar-refractivity contribution is 6.28. The van der Waals surface area contributed by atoms with Crippen LogP contribution in [0.2, 0.25) is 5.28 Å². The third-order valence-corrected chi connectivity index (χ3v) is 5.34. The van der Waals surface area contributed by atoms with E-state index in [2.05, 4.69) is 48.9 Å². The third-order valence-electron chi connectivity index (χ3n) is 5.18. The van der Waals surface area contributed by atoms with Gasteiger partial charge in [-0.1, -0.05) is 13.8 Å². The Morgan fingerprint density at radius 1 is 1.41 bits per heavy atom. The number of hydrogen-bond donors (Lipinski definition) is 2. The van der Waals surface area contributed by atoms with Crippen LogP contribution in [0.4, 0.5) is 5.82 Å². The number of fused-ring (bicyclic) bond motifs is 1. The maximum absolute atomic E-state index is 12.6. The first-order chi connectivity index (χ1) is 13.1. The predicted octanol–water partition coefficient (Wildman–Crippen LogP) is 2.07. The van der Waals surface area contributed by atoms with Crippen molar-refractivity contribution in [2.75, 3.05) is 44.2 Å². The predicted molar refractivity (Wildman–Crippen MR) is 107 cm³/mol. The van der Waals surface area contributed by atoms with Crippen LogP contribution in [-0.2, 0) is 4.79 Å². The summed E-state index contributed by atoms with van der Waals surface area (Å²) in [6.07, 6.45) is 4.39. The molecule has 1 amide bonds. The van der Waals surface area contributed by atoms with Crippen LogP contribution < -0.4 is 10.2 Å². The quantitative estimate of drug-likeness (QED) is 0.527. The van der Waals surface area contributed by atoms with Crippen molar-refractivity contribution in [3.63, 3.8) is 0 Å². The number of hydrogen-bond acceptors (Lipinski definition) is 6. The number of nitrogens with one attached hydrogen (secondary N) is 2. The number of aromatic nitrogens is 4. The number of rotatable bonds is 8. The lowest BCUT2D eigenvalue weighted by Crippen LogP contribution is -2.44. The Morgan fingerprint density at radius 2 is 2.22 bits per heavy atom. The van der Waals surface area contributed by atoms with Crippen molar-refractivity contribution in [3.05, 3.63) is 11.6 Å². The molecule has 1 saturated heterocycles. The van der Waals surface area contributed by atoms with Crippen LogP contribution in [0, 0.1) is 5.92 Å². The summed E-state index contributed by atoms with van der Waals surface area (Å²) in [6.45, 7) is 9.62. The number of carbonyl (C=O) groups is 1. The van der Waals surface area contributed by atoms with E-state index in [0.29, 0.717) is 12.2 Å². The summed E-state index contributed by atoms with van der Waals surface area (Å²) in [4.78, 5) is 32.8. The molecule has 1 atom stereocenters. The average molecular weight is 394 g/mol. The average Bonchev–Trinajstić information content (AvgIpc) is 3.15. The maximum atomic E-state index is 12.6. The largest absolute Gasteiger partial charge is 0.356 e. The van der Waals surface area contributed by atoms with Gasteiger partial charge in [0, 0.05) is 19.6 Å². The summed E-state index contributed by atoms with van der Waals surface area (Å²) in [7, 11) is 0. The SMILES string of the molecule is CCN(CC)CCCNC(=O)[C@H]1CCCN(c2nc(Cl)nc3nc[nH]c23)C1. The van der Waals surface area contributed by atoms with Gasteiger partial charge in [-0.2, -0.15) is 9.97 Å². The highest BCUT2D eigenvalue weighted by atomic mass is 35.5. The number of piperidine rings is 1. The summed E-state index contributed by atoms with van der Waals surface area (Å²) in [5.41, 5.74) is 1.31. The van der Waals surface area contributed by atoms with Gasteiger partial charge in [-0.15, -0.1) is 0 Å². The summed E-state index contributed by atoms with van der Waals surface area (Å²) in [5.74, 6) is 0.806. The molecule has 1 aliphatic heterocycles. The van der Waals surface area contributed by atoms with Crippen LogP contribution in [0.3, 0.4) is 0 Å². The summed E-state index contributed by atoms with van der Waals surface area (Å²) in [6, 6.07) is 0. The standard InChI is InChI=1S/C18H28ClN7O/c1-3-25(4-2)9-6-8-20-17(27)13-7-5-10-26(11-13)16-14-15(22-12-21-14)23-18(19)24-16/h12-13H,3-11H2,1-2H3,(H,20,27)(H,21,22,23,24)/t13-/m0/s1. The lowest BCUT2D eigenvalue weighted by atomic mass is 9.97. The Hall–Kier alpha value is -1.93. The molecule has 0 aromatic carbocycles. The fraction of sp³-hybridized carbons (Fsp3) is 0.667. The summed E-state index contributed by atoms with van der Waals surface area (Å²) < 4.78 is 0. The molecule has 0 unspecified atom stereocenters. The number of halogens is 1. The second-order valence-electron chi connectivity index (χ2n) is 6.87. The van der Waals surface area contributed by atoms with Crippen LogP contribution in [0.5, 0.6) is 0 Å². The van der Waals surface area contributed by atoms with E-state index in [1.807, 2.05) is 0 Å². The van der Waals surface area contributed by atoms with Gasteiger partial charge < -0.3 is 20.1 Å². The molecular formula is C18H28ClN7O. The lowest BCUT2D eigenvalue weighted by molar-refractivity contribution is -0.125. The van der Waals surface area contributed by atoms with Gasteiger partial charge in [0.1, 0.15) is 5.52 Å². The molecule has 0 spiro atoms. The first-order valence-electron chi connectivity index (χ1n) is 9.74. The maximum Gasteiger partial charge on any atom is 0.226 e. The van der Waals surface area contributed by atoms with Crippen molar-refractivity contribution in [2.24, 2.45) is 5.92 Å². The molecule has 2 N–H and O–H groups in total. The van der Waals surface area contributed by atoms with Crippen LogP contribution in [-0.4, -0.2) is 70.0 Å². The molecule has 2 aromatic rings. The van der Waals surface area contributed by atoms with Gasteiger partial charge in [0.05, 0.1) is 12.2 Å². The van der Waals surface area contributed by atoms with E-state index in [1.165, 1.54) is 0 Å². The van der Waals surface area contributed by atoms with Crippen molar-refractivity contribution in [2.45, 2.75) is 33.1 Å². The molecule has 27 heavy (non-hydrogen) atoms. The fourth-order valence-corrected chi connectivity index (χ4v) is 3.76. The number of anilines is 1. The molecule has 148 valence electrons. The molecule has 1 fully saturated rings. The van der Waals surface area contributed by atoms with E-state index >= 15 is 0 Å². The van der Waals surface area contributed by atoms with Crippen molar-refractivity contribution in [1.29, 1.82) is 0 Å². The molecule has 3 rings (SSSR count). The summed E-state index contributed by atoms with van der Waals surface area (Å²) >= 11 is 6.05. The van der Waals surface area contributed by atoms with E-state index in [-0.39, 0.29) is 17.1 Å². The molecular weight excluding hydrogens is 366 g/mol. The van der Waals surface area contributed by atoms with E-state index < -0.39 is 0 Å². The molecule has 2 aromatic heterocycles. The van der Waals surface area contributed by atoms with E-state index in [1.54, 1.807) is 6.33 Å². The number of aromatic amines is 1. The van der Waals surface area contributed by atoms with Gasteiger partial charge in [-0.25, -0.2) is 4.98 Å². The second kappa shape index (κ2) is 9.32. The van der Waals surface area contributed by atoms with Crippen molar-refractivity contribution >= 4 is 34.5 Å². The van der Waals surface area contributed by atoms with Crippen molar-refractivity contribution < 1.29 is 4.79 Å². The zero-order chi connectivity index (χ0) is 19.2. The molecule has 3 heterocycles. The Balaban J connectivity index is 1.57. The van der Waals surface area contributed by atoms with Crippen LogP contribution in [0.1, 0.15) is 33.1 Å². The topological polar surface area (TPSA) is 90.0 Å². The van der Waals surface area contributed by atoms with Gasteiger partial charge in [-0.05, 0) is 50.5 Å². The van der Waals surface area contributed by atoms with Gasteiger partial charge in [0.25, 0.3) is 0 Å². The lowest BCUT2D eigenvalue weighted by Gasteiger charge is -2.33. The van der Waals surface area contributed by atoms with Crippen molar-refractivity contribution in [1.82, 2.24) is 30.2 Å². The number of nitrogens with zero attached hydrogens (tertiary/aromatic N) is 5. The monoisotopic (exact) mass is 393 g/mol. The first kappa shape index (κ1) is 19.8. The second-order valence-corrected chi connectivity index (χ2v) is 7.21. The number of carbonyl (C=O) groups excluding carboxylic acids is 1. The normalized spacial score (nSPS) is 17.6. The minimum atomic E-state index is -0.0427. The molecule has 1 aliphatic rings. The Labute approximate surface area is 164 Å². The first-order valence-corrected chi connectivity index (χ1v) is 10.1. The minimum absolute atomic E-state index is 0.0427. The van der Waals surface area contributed by atoms with Crippen LogP contribution in [0.15, 0.2) is 6.33 Å². The van der Waals surface area contributed by atoms with Crippen LogP contribution in [0.25, 0.3) is 11.2 Å². The van der Waals surface area contributed by atoms with Gasteiger partial charge >= 0.3 is 0 Å². The minimum Gasteiger partial charge on any atom is -0.356 e. The molecule has 0 aliphatic carbocycles.